The lowest BCUT2D eigenvalue weighted by molar-refractivity contribution is 0.131. The predicted octanol–water partition coefficient (Wildman–Crippen LogP) is 3.64. The topological polar surface area (TPSA) is 90.3 Å². The summed E-state index contributed by atoms with van der Waals surface area (Å²) in [6, 6.07) is 6.47. The number of sulfone groups is 1. The molecule has 2 unspecified atom stereocenters. The maximum absolute atomic E-state index is 12.8. The molecule has 1 N–H and O–H groups in total. The van der Waals surface area contributed by atoms with Gasteiger partial charge in [0, 0.05) is 24.3 Å². The van der Waals surface area contributed by atoms with Crippen molar-refractivity contribution in [2.75, 3.05) is 12.8 Å². The number of benzene rings is 1. The number of halogens is 1. The van der Waals surface area contributed by atoms with E-state index in [1.807, 2.05) is 12.1 Å². The summed E-state index contributed by atoms with van der Waals surface area (Å²) in [6.45, 7) is 4.46. The van der Waals surface area contributed by atoms with E-state index in [9.17, 15) is 13.2 Å². The van der Waals surface area contributed by atoms with E-state index in [1.165, 1.54) is 6.08 Å². The van der Waals surface area contributed by atoms with Crippen molar-refractivity contribution in [2.45, 2.75) is 38.8 Å². The largest absolute Gasteiger partial charge is 0.332 e. The van der Waals surface area contributed by atoms with Crippen LogP contribution >= 0.6 is 11.6 Å². The van der Waals surface area contributed by atoms with Crippen molar-refractivity contribution in [3.63, 3.8) is 0 Å². The molecule has 2 amide bonds. The van der Waals surface area contributed by atoms with Gasteiger partial charge in [-0.25, -0.2) is 13.2 Å². The highest BCUT2D eigenvalue weighted by Crippen LogP contribution is 2.35. The molecule has 1 saturated heterocycles. The molecule has 0 spiro atoms. The fraction of sp³-hybridized carbons (Fsp3) is 0.474. The standard InChI is InChI=1S/C19H24ClN3O3S/c1-13-6-8-23(19(24)22-14(2)7-9-27(3,25)26)18(10-13)15-4-5-16(12-21)17(20)11-15/h4-5,7,9,11,13-14,18H,6,8,10H2,1-3H3,(H,22,24)/b9-7-/t13?,14-,18?/m1/s1. The molecule has 6 nitrogen and oxygen atoms in total. The Morgan fingerprint density at radius 2 is 2.19 bits per heavy atom. The smallest absolute Gasteiger partial charge is 0.318 e. The number of hydrogen-bond donors (Lipinski definition) is 1. The summed E-state index contributed by atoms with van der Waals surface area (Å²) in [5.41, 5.74) is 1.29. The van der Waals surface area contributed by atoms with Crippen LogP contribution in [0.4, 0.5) is 4.79 Å². The van der Waals surface area contributed by atoms with Gasteiger partial charge < -0.3 is 10.2 Å². The Hall–Kier alpha value is -2.04. The number of rotatable bonds is 4. The van der Waals surface area contributed by atoms with Crippen molar-refractivity contribution >= 4 is 27.5 Å². The number of likely N-dealkylation sites (tertiary alicyclic amines) is 1. The number of hydrogen-bond acceptors (Lipinski definition) is 4. The van der Waals surface area contributed by atoms with Gasteiger partial charge in [0.25, 0.3) is 0 Å². The van der Waals surface area contributed by atoms with Crippen molar-refractivity contribution < 1.29 is 13.2 Å². The van der Waals surface area contributed by atoms with E-state index in [1.54, 1.807) is 24.0 Å². The highest BCUT2D eigenvalue weighted by atomic mass is 35.5. The van der Waals surface area contributed by atoms with Gasteiger partial charge in [0.2, 0.25) is 0 Å². The summed E-state index contributed by atoms with van der Waals surface area (Å²) in [4.78, 5) is 14.5. The highest BCUT2D eigenvalue weighted by molar-refractivity contribution is 7.93. The summed E-state index contributed by atoms with van der Waals surface area (Å²) < 4.78 is 22.5. The monoisotopic (exact) mass is 409 g/mol. The van der Waals surface area contributed by atoms with Crippen molar-refractivity contribution in [1.29, 1.82) is 5.26 Å². The third kappa shape index (κ3) is 5.98. The van der Waals surface area contributed by atoms with Gasteiger partial charge in [-0.2, -0.15) is 5.26 Å². The van der Waals surface area contributed by atoms with Gasteiger partial charge in [-0.05, 0) is 43.4 Å². The van der Waals surface area contributed by atoms with Crippen LogP contribution in [0.15, 0.2) is 29.7 Å². The number of nitrogens with one attached hydrogen (secondary N) is 1. The second-order valence-corrected chi connectivity index (χ2v) is 9.42. The SMILES string of the molecule is CC1CCN(C(=O)N[C@H](C)/C=C\S(C)(=O)=O)C(c2ccc(C#N)c(Cl)c2)C1. The lowest BCUT2D eigenvalue weighted by atomic mass is 9.88. The molecule has 1 fully saturated rings. The van der Waals surface area contributed by atoms with E-state index < -0.39 is 15.9 Å². The molecule has 1 aliphatic heterocycles. The molecule has 0 bridgehead atoms. The lowest BCUT2D eigenvalue weighted by Crippen LogP contribution is -2.48. The first-order valence-corrected chi connectivity index (χ1v) is 11.1. The van der Waals surface area contributed by atoms with Crippen LogP contribution in [-0.2, 0) is 9.84 Å². The van der Waals surface area contributed by atoms with Crippen LogP contribution in [0.2, 0.25) is 5.02 Å². The van der Waals surface area contributed by atoms with Crippen LogP contribution in [0, 0.1) is 17.2 Å². The normalized spacial score (nSPS) is 21.7. The molecule has 8 heteroatoms. The van der Waals surface area contributed by atoms with Crippen molar-refractivity contribution in [2.24, 2.45) is 5.92 Å². The van der Waals surface area contributed by atoms with E-state index >= 15 is 0 Å². The maximum Gasteiger partial charge on any atom is 0.318 e. The van der Waals surface area contributed by atoms with E-state index in [2.05, 4.69) is 12.2 Å². The minimum absolute atomic E-state index is 0.148. The van der Waals surface area contributed by atoms with E-state index in [0.29, 0.717) is 23.0 Å². The Kier molecular flexibility index (Phi) is 6.90. The van der Waals surface area contributed by atoms with Crippen molar-refractivity contribution in [3.8, 4) is 6.07 Å². The number of piperidine rings is 1. The minimum Gasteiger partial charge on any atom is -0.332 e. The van der Waals surface area contributed by atoms with Gasteiger partial charge in [-0.3, -0.25) is 0 Å². The van der Waals surface area contributed by atoms with E-state index in [0.717, 1.165) is 30.1 Å². The van der Waals surface area contributed by atoms with Crippen LogP contribution in [0.5, 0.6) is 0 Å². The fourth-order valence-corrected chi connectivity index (χ4v) is 3.87. The molecule has 1 aromatic rings. The van der Waals surface area contributed by atoms with Crippen molar-refractivity contribution in [1.82, 2.24) is 10.2 Å². The Morgan fingerprint density at radius 3 is 2.78 bits per heavy atom. The molecule has 0 aliphatic carbocycles. The minimum atomic E-state index is -3.24. The molecule has 0 aromatic heterocycles. The van der Waals surface area contributed by atoms with Crippen LogP contribution in [0.1, 0.15) is 43.9 Å². The summed E-state index contributed by atoms with van der Waals surface area (Å²) >= 11 is 6.17. The molecule has 2 rings (SSSR count). The van der Waals surface area contributed by atoms with Gasteiger partial charge in [-0.15, -0.1) is 0 Å². The number of nitriles is 1. The maximum atomic E-state index is 12.8. The van der Waals surface area contributed by atoms with E-state index in [4.69, 9.17) is 16.9 Å². The third-order valence-electron chi connectivity index (χ3n) is 4.59. The average Bonchev–Trinajstić information content (AvgIpc) is 2.59. The number of carbonyl (C=O) groups excluding carboxylic acids is 1. The van der Waals surface area contributed by atoms with Gasteiger partial charge in [0.05, 0.1) is 16.6 Å². The Labute approximate surface area is 165 Å². The number of nitrogens with zero attached hydrogens (tertiary/aromatic N) is 2. The zero-order valence-corrected chi connectivity index (χ0v) is 17.2. The molecule has 1 aliphatic rings. The molecule has 1 heterocycles. The van der Waals surface area contributed by atoms with Gasteiger partial charge >= 0.3 is 6.03 Å². The van der Waals surface area contributed by atoms with Crippen LogP contribution < -0.4 is 5.32 Å². The first-order valence-electron chi connectivity index (χ1n) is 8.75. The molecule has 3 atom stereocenters. The zero-order valence-electron chi connectivity index (χ0n) is 15.6. The first-order chi connectivity index (χ1) is 12.6. The van der Waals surface area contributed by atoms with Crippen LogP contribution in [0.3, 0.4) is 0 Å². The summed E-state index contributed by atoms with van der Waals surface area (Å²) in [5, 5.41) is 13.3. The van der Waals surface area contributed by atoms with E-state index in [-0.39, 0.29) is 12.1 Å². The average molecular weight is 410 g/mol. The van der Waals surface area contributed by atoms with Crippen LogP contribution in [0.25, 0.3) is 0 Å². The molecular formula is C19H24ClN3O3S. The summed E-state index contributed by atoms with van der Waals surface area (Å²) in [5.74, 6) is 0.455. The third-order valence-corrected chi connectivity index (χ3v) is 5.55. The second kappa shape index (κ2) is 8.77. The van der Waals surface area contributed by atoms with Crippen LogP contribution in [-0.4, -0.2) is 38.2 Å². The Bertz CT molecular complexity index is 877. The number of urea groups is 1. The second-order valence-electron chi connectivity index (χ2n) is 7.09. The van der Waals surface area contributed by atoms with Gasteiger partial charge in [-0.1, -0.05) is 30.7 Å². The number of carbonyl (C=O) groups is 1. The highest BCUT2D eigenvalue weighted by Gasteiger charge is 2.31. The summed E-state index contributed by atoms with van der Waals surface area (Å²) in [6.07, 6.45) is 4.24. The predicted molar refractivity (Wildman–Crippen MR) is 106 cm³/mol. The molecule has 0 saturated carbocycles. The quantitative estimate of drug-likeness (QED) is 0.821. The first kappa shape index (κ1) is 21.3. The summed E-state index contributed by atoms with van der Waals surface area (Å²) in [7, 11) is -3.24. The lowest BCUT2D eigenvalue weighted by Gasteiger charge is -2.39. The van der Waals surface area contributed by atoms with Crippen molar-refractivity contribution in [3.05, 3.63) is 45.8 Å². The molecule has 1 aromatic carbocycles. The Balaban J connectivity index is 2.20. The molecular weight excluding hydrogens is 386 g/mol. The molecule has 27 heavy (non-hydrogen) atoms. The number of amides is 2. The Morgan fingerprint density at radius 1 is 1.48 bits per heavy atom. The molecule has 0 radical (unpaired) electrons. The van der Waals surface area contributed by atoms with Gasteiger partial charge in [0.15, 0.2) is 9.84 Å². The van der Waals surface area contributed by atoms with Gasteiger partial charge in [0.1, 0.15) is 6.07 Å². The molecule has 146 valence electrons. The zero-order chi connectivity index (χ0) is 20.2. The fourth-order valence-electron chi connectivity index (χ4n) is 3.12.